The van der Waals surface area contributed by atoms with Crippen molar-refractivity contribution < 1.29 is 33.3 Å². The monoisotopic (exact) mass is 384 g/mol. The van der Waals surface area contributed by atoms with E-state index in [1.54, 1.807) is 0 Å². The average Bonchev–Trinajstić information content (AvgIpc) is 2.77. The first kappa shape index (κ1) is 20.4. The molecule has 0 bridgehead atoms. The Morgan fingerprint density at radius 2 is 1.78 bits per heavy atom. The fraction of sp³-hybridized carbons (Fsp3) is 0.562. The predicted molar refractivity (Wildman–Crippen MR) is 87.6 cm³/mol. The Kier molecular flexibility index (Phi) is 5.84. The average molecular weight is 384 g/mol. The molecule has 1 aliphatic heterocycles. The second-order valence-corrected chi connectivity index (χ2v) is 6.10. The summed E-state index contributed by atoms with van der Waals surface area (Å²) >= 11 is 0. The molecule has 0 spiro atoms. The Hall–Kier alpha value is -2.95. The van der Waals surface area contributed by atoms with E-state index in [1.807, 2.05) is 0 Å². The highest BCUT2D eigenvalue weighted by Crippen LogP contribution is 2.38. The van der Waals surface area contributed by atoms with Crippen molar-refractivity contribution in [2.24, 2.45) is 0 Å². The van der Waals surface area contributed by atoms with Crippen LogP contribution in [-0.2, 0) is 39.1 Å². The SMILES string of the molecule is CC(=O)OC[C@H]1O[C@@](C)(n2ccc(=O)[nH]c2=O)C(OC(C)=O)C1OC(C)=O. The number of hydrogen-bond acceptors (Lipinski definition) is 9. The van der Waals surface area contributed by atoms with Crippen LogP contribution in [0.15, 0.2) is 21.9 Å². The summed E-state index contributed by atoms with van der Waals surface area (Å²) in [5.74, 6) is -2.00. The highest BCUT2D eigenvalue weighted by atomic mass is 16.7. The van der Waals surface area contributed by atoms with Crippen LogP contribution in [0.3, 0.4) is 0 Å². The summed E-state index contributed by atoms with van der Waals surface area (Å²) in [6.07, 6.45) is -2.26. The minimum Gasteiger partial charge on any atom is -0.463 e. The molecule has 11 nitrogen and oxygen atoms in total. The quantitative estimate of drug-likeness (QED) is 0.501. The van der Waals surface area contributed by atoms with Crippen LogP contribution in [0.2, 0.25) is 0 Å². The normalized spacial score (nSPS) is 27.0. The van der Waals surface area contributed by atoms with E-state index in [9.17, 15) is 24.0 Å². The first-order valence-electron chi connectivity index (χ1n) is 8.02. The first-order chi connectivity index (χ1) is 12.5. The number of H-pyrrole nitrogens is 1. The lowest BCUT2D eigenvalue weighted by Gasteiger charge is -2.32. The van der Waals surface area contributed by atoms with Crippen molar-refractivity contribution in [3.05, 3.63) is 33.1 Å². The van der Waals surface area contributed by atoms with Gasteiger partial charge in [-0.25, -0.2) is 4.79 Å². The summed E-state index contributed by atoms with van der Waals surface area (Å²) in [5, 5.41) is 0. The maximum Gasteiger partial charge on any atom is 0.330 e. The molecule has 1 aliphatic rings. The predicted octanol–water partition coefficient (Wildman–Crippen LogP) is -0.965. The summed E-state index contributed by atoms with van der Waals surface area (Å²) in [6.45, 7) is 4.59. The minimum absolute atomic E-state index is 0.307. The standard InChI is InChI=1S/C16H20N2O9/c1-8(19)24-7-11-13(25-9(2)20)14(26-10(3)21)16(4,27-11)18-6-5-12(22)17-15(18)23/h5-6,11,13-14H,7H2,1-4H3,(H,17,22,23)/t11-,13?,14?,16-/m1/s1. The van der Waals surface area contributed by atoms with E-state index < -0.39 is 53.2 Å². The second kappa shape index (κ2) is 7.74. The van der Waals surface area contributed by atoms with E-state index in [2.05, 4.69) is 4.98 Å². The van der Waals surface area contributed by atoms with Crippen LogP contribution in [0.4, 0.5) is 0 Å². The van der Waals surface area contributed by atoms with E-state index in [0.717, 1.165) is 30.7 Å². The molecule has 1 aromatic rings. The summed E-state index contributed by atoms with van der Waals surface area (Å²) in [7, 11) is 0. The highest BCUT2D eigenvalue weighted by molar-refractivity contribution is 5.68. The molecule has 1 saturated heterocycles. The molecule has 0 radical (unpaired) electrons. The molecule has 1 fully saturated rings. The van der Waals surface area contributed by atoms with Gasteiger partial charge in [0, 0.05) is 33.0 Å². The van der Waals surface area contributed by atoms with Crippen LogP contribution in [0.25, 0.3) is 0 Å². The zero-order valence-electron chi connectivity index (χ0n) is 15.2. The second-order valence-electron chi connectivity index (χ2n) is 6.10. The van der Waals surface area contributed by atoms with Gasteiger partial charge in [0.05, 0.1) is 0 Å². The van der Waals surface area contributed by atoms with Crippen LogP contribution < -0.4 is 11.2 Å². The number of rotatable bonds is 5. The van der Waals surface area contributed by atoms with E-state index in [-0.39, 0.29) is 6.61 Å². The van der Waals surface area contributed by atoms with E-state index in [4.69, 9.17) is 18.9 Å². The van der Waals surface area contributed by atoms with Crippen molar-refractivity contribution >= 4 is 17.9 Å². The van der Waals surface area contributed by atoms with Crippen molar-refractivity contribution in [1.82, 2.24) is 9.55 Å². The Morgan fingerprint density at radius 1 is 1.15 bits per heavy atom. The Bertz CT molecular complexity index is 858. The summed E-state index contributed by atoms with van der Waals surface area (Å²) < 4.78 is 22.3. The van der Waals surface area contributed by atoms with E-state index >= 15 is 0 Å². The van der Waals surface area contributed by atoms with Crippen molar-refractivity contribution in [2.45, 2.75) is 51.7 Å². The highest BCUT2D eigenvalue weighted by Gasteiger charge is 2.58. The minimum atomic E-state index is -1.64. The van der Waals surface area contributed by atoms with Gasteiger partial charge in [0.2, 0.25) is 0 Å². The number of nitrogens with zero attached hydrogens (tertiary/aromatic N) is 1. The fourth-order valence-electron chi connectivity index (χ4n) is 2.91. The zero-order valence-corrected chi connectivity index (χ0v) is 15.2. The van der Waals surface area contributed by atoms with Gasteiger partial charge in [-0.1, -0.05) is 0 Å². The van der Waals surface area contributed by atoms with E-state index in [1.165, 1.54) is 13.8 Å². The van der Waals surface area contributed by atoms with Crippen LogP contribution in [-0.4, -0.2) is 52.4 Å². The molecule has 0 aliphatic carbocycles. The van der Waals surface area contributed by atoms with Gasteiger partial charge in [0.25, 0.3) is 5.56 Å². The van der Waals surface area contributed by atoms with Crippen LogP contribution in [0.1, 0.15) is 27.7 Å². The zero-order chi connectivity index (χ0) is 20.4. The number of aromatic nitrogens is 2. The lowest BCUT2D eigenvalue weighted by atomic mass is 10.0. The molecule has 0 amide bonds. The summed E-state index contributed by atoms with van der Waals surface area (Å²) in [6, 6.07) is 1.08. The number of esters is 3. The third kappa shape index (κ3) is 4.42. The van der Waals surface area contributed by atoms with E-state index in [0.29, 0.717) is 0 Å². The molecule has 1 N–H and O–H groups in total. The first-order valence-corrected chi connectivity index (χ1v) is 8.02. The van der Waals surface area contributed by atoms with Crippen molar-refractivity contribution in [1.29, 1.82) is 0 Å². The van der Waals surface area contributed by atoms with Gasteiger partial charge in [0.1, 0.15) is 12.7 Å². The molecular formula is C16H20N2O9. The molecular weight excluding hydrogens is 364 g/mol. The topological polar surface area (TPSA) is 143 Å². The number of aromatic amines is 1. The summed E-state index contributed by atoms with van der Waals surface area (Å²) in [4.78, 5) is 60.0. The van der Waals surface area contributed by atoms with Gasteiger partial charge >= 0.3 is 23.6 Å². The number of carbonyl (C=O) groups excluding carboxylic acids is 3. The maximum absolute atomic E-state index is 12.3. The van der Waals surface area contributed by atoms with Crippen molar-refractivity contribution in [3.63, 3.8) is 0 Å². The van der Waals surface area contributed by atoms with Crippen molar-refractivity contribution in [3.8, 4) is 0 Å². The molecule has 0 aromatic carbocycles. The number of hydrogen-bond donors (Lipinski definition) is 1. The Labute approximate surface area is 153 Å². The molecule has 148 valence electrons. The molecule has 1 aromatic heterocycles. The smallest absolute Gasteiger partial charge is 0.330 e. The Balaban J connectivity index is 2.53. The largest absolute Gasteiger partial charge is 0.463 e. The Morgan fingerprint density at radius 3 is 2.30 bits per heavy atom. The van der Waals surface area contributed by atoms with Crippen LogP contribution >= 0.6 is 0 Å². The fourth-order valence-corrected chi connectivity index (χ4v) is 2.91. The lowest BCUT2D eigenvalue weighted by molar-refractivity contribution is -0.178. The van der Waals surface area contributed by atoms with Crippen molar-refractivity contribution in [2.75, 3.05) is 6.61 Å². The van der Waals surface area contributed by atoms with Crippen LogP contribution in [0, 0.1) is 0 Å². The molecule has 2 heterocycles. The summed E-state index contributed by atoms with van der Waals surface area (Å²) in [5.41, 5.74) is -3.09. The third-order valence-electron chi connectivity index (χ3n) is 3.93. The van der Waals surface area contributed by atoms with Crippen LogP contribution in [0.5, 0.6) is 0 Å². The molecule has 4 atom stereocenters. The molecule has 11 heteroatoms. The van der Waals surface area contributed by atoms with Gasteiger partial charge in [0.15, 0.2) is 17.9 Å². The molecule has 2 rings (SSSR count). The third-order valence-corrected chi connectivity index (χ3v) is 3.93. The van der Waals surface area contributed by atoms with Gasteiger partial charge in [-0.3, -0.25) is 28.7 Å². The van der Waals surface area contributed by atoms with Gasteiger partial charge in [-0.15, -0.1) is 0 Å². The van der Waals surface area contributed by atoms with Gasteiger partial charge in [-0.2, -0.15) is 0 Å². The number of ether oxygens (including phenoxy) is 4. The van der Waals surface area contributed by atoms with Gasteiger partial charge in [-0.05, 0) is 6.92 Å². The number of carbonyl (C=O) groups is 3. The van der Waals surface area contributed by atoms with Gasteiger partial charge < -0.3 is 18.9 Å². The maximum atomic E-state index is 12.3. The number of nitrogens with one attached hydrogen (secondary N) is 1. The molecule has 27 heavy (non-hydrogen) atoms. The molecule has 2 unspecified atom stereocenters. The molecule has 0 saturated carbocycles. The lowest BCUT2D eigenvalue weighted by Crippen LogP contribution is -2.51.